The van der Waals surface area contributed by atoms with Gasteiger partial charge < -0.3 is 10.0 Å². The van der Waals surface area contributed by atoms with Crippen molar-refractivity contribution in [1.29, 1.82) is 0 Å². The molecule has 1 atom stereocenters. The third-order valence-corrected chi connectivity index (χ3v) is 3.81. The van der Waals surface area contributed by atoms with Crippen LogP contribution < -0.4 is 4.90 Å². The standard InChI is InChI=1S/C15H21NO2/c1-11-4-3-5-12(2)15(11)16-9-8-13(10-16)6-7-14(17)18/h3-5,13H,6-10H2,1-2H3,(H,17,18). The van der Waals surface area contributed by atoms with Gasteiger partial charge in [0.05, 0.1) is 0 Å². The molecule has 1 saturated heterocycles. The van der Waals surface area contributed by atoms with Gasteiger partial charge in [-0.3, -0.25) is 4.79 Å². The van der Waals surface area contributed by atoms with E-state index in [-0.39, 0.29) is 0 Å². The molecule has 1 aliphatic rings. The van der Waals surface area contributed by atoms with Crippen LogP contribution in [0, 0.1) is 19.8 Å². The lowest BCUT2D eigenvalue weighted by atomic mass is 10.0. The summed E-state index contributed by atoms with van der Waals surface area (Å²) in [5.74, 6) is -0.152. The Bertz CT molecular complexity index is 422. The minimum absolute atomic E-state index is 0.297. The van der Waals surface area contributed by atoms with E-state index in [9.17, 15) is 4.79 Å². The highest BCUT2D eigenvalue weighted by molar-refractivity contribution is 5.66. The SMILES string of the molecule is Cc1cccc(C)c1N1CCC(CCC(=O)O)C1. The normalized spacial score (nSPS) is 19.2. The van der Waals surface area contributed by atoms with Crippen LogP contribution in [0.1, 0.15) is 30.4 Å². The zero-order chi connectivity index (χ0) is 13.1. The maximum absolute atomic E-state index is 10.6. The van der Waals surface area contributed by atoms with Gasteiger partial charge in [-0.05, 0) is 43.7 Å². The Kier molecular flexibility index (Phi) is 3.90. The van der Waals surface area contributed by atoms with Crippen molar-refractivity contribution >= 4 is 11.7 Å². The summed E-state index contributed by atoms with van der Waals surface area (Å²) in [7, 11) is 0. The van der Waals surface area contributed by atoms with Crippen LogP contribution in [0.15, 0.2) is 18.2 Å². The molecule has 0 aliphatic carbocycles. The molecule has 1 fully saturated rings. The third-order valence-electron chi connectivity index (χ3n) is 3.81. The van der Waals surface area contributed by atoms with Crippen molar-refractivity contribution in [1.82, 2.24) is 0 Å². The van der Waals surface area contributed by atoms with Crippen molar-refractivity contribution in [2.24, 2.45) is 5.92 Å². The predicted molar refractivity (Wildman–Crippen MR) is 73.1 cm³/mol. The Morgan fingerprint density at radius 1 is 1.39 bits per heavy atom. The van der Waals surface area contributed by atoms with Gasteiger partial charge in [0.15, 0.2) is 0 Å². The summed E-state index contributed by atoms with van der Waals surface area (Å²) in [6, 6.07) is 6.38. The van der Waals surface area contributed by atoms with Crippen LogP contribution in [0.4, 0.5) is 5.69 Å². The monoisotopic (exact) mass is 247 g/mol. The van der Waals surface area contributed by atoms with Gasteiger partial charge in [-0.1, -0.05) is 18.2 Å². The summed E-state index contributed by atoms with van der Waals surface area (Å²) in [4.78, 5) is 13.0. The molecule has 1 unspecified atom stereocenters. The van der Waals surface area contributed by atoms with Crippen molar-refractivity contribution in [3.8, 4) is 0 Å². The van der Waals surface area contributed by atoms with Gasteiger partial charge in [-0.15, -0.1) is 0 Å². The van der Waals surface area contributed by atoms with Crippen molar-refractivity contribution in [2.45, 2.75) is 33.1 Å². The van der Waals surface area contributed by atoms with Crippen LogP contribution in [-0.4, -0.2) is 24.2 Å². The highest BCUT2D eigenvalue weighted by Gasteiger charge is 2.24. The predicted octanol–water partition coefficient (Wildman–Crippen LogP) is 2.99. The van der Waals surface area contributed by atoms with E-state index in [2.05, 4.69) is 36.9 Å². The number of aliphatic carboxylic acids is 1. The molecule has 1 aromatic carbocycles. The first-order chi connectivity index (χ1) is 8.58. The Hall–Kier alpha value is -1.51. The molecule has 18 heavy (non-hydrogen) atoms. The topological polar surface area (TPSA) is 40.5 Å². The molecule has 0 aromatic heterocycles. The summed E-state index contributed by atoms with van der Waals surface area (Å²) < 4.78 is 0. The van der Waals surface area contributed by atoms with Gasteiger partial charge in [0, 0.05) is 25.2 Å². The van der Waals surface area contributed by atoms with Gasteiger partial charge in [0.1, 0.15) is 0 Å². The quantitative estimate of drug-likeness (QED) is 0.889. The van der Waals surface area contributed by atoms with E-state index >= 15 is 0 Å². The average molecular weight is 247 g/mol. The van der Waals surface area contributed by atoms with Crippen LogP contribution in [0.5, 0.6) is 0 Å². The number of carboxylic acids is 1. The number of nitrogens with zero attached hydrogens (tertiary/aromatic N) is 1. The number of rotatable bonds is 4. The minimum atomic E-state index is -0.680. The molecule has 98 valence electrons. The van der Waals surface area contributed by atoms with Crippen molar-refractivity contribution < 1.29 is 9.90 Å². The first-order valence-electron chi connectivity index (χ1n) is 6.61. The number of carboxylic acid groups (broad SMARTS) is 1. The molecular formula is C15H21NO2. The number of aryl methyl sites for hydroxylation is 2. The summed E-state index contributed by atoms with van der Waals surface area (Å²) in [6.45, 7) is 6.34. The third kappa shape index (κ3) is 2.84. The maximum Gasteiger partial charge on any atom is 0.303 e. The summed E-state index contributed by atoms with van der Waals surface area (Å²) in [5.41, 5.74) is 3.97. The lowest BCUT2D eigenvalue weighted by Crippen LogP contribution is -2.21. The van der Waals surface area contributed by atoms with E-state index in [1.165, 1.54) is 16.8 Å². The van der Waals surface area contributed by atoms with Crippen molar-refractivity contribution in [3.05, 3.63) is 29.3 Å². The molecule has 2 rings (SSSR count). The largest absolute Gasteiger partial charge is 0.481 e. The van der Waals surface area contributed by atoms with Gasteiger partial charge in [-0.25, -0.2) is 0 Å². The number of para-hydroxylation sites is 1. The van der Waals surface area contributed by atoms with Gasteiger partial charge in [0.25, 0.3) is 0 Å². The number of hydrogen-bond donors (Lipinski definition) is 1. The maximum atomic E-state index is 10.6. The van der Waals surface area contributed by atoms with Crippen LogP contribution in [0.2, 0.25) is 0 Å². The van der Waals surface area contributed by atoms with Gasteiger partial charge in [0.2, 0.25) is 0 Å². The van der Waals surface area contributed by atoms with Crippen LogP contribution in [0.3, 0.4) is 0 Å². The average Bonchev–Trinajstić information content (AvgIpc) is 2.75. The zero-order valence-electron chi connectivity index (χ0n) is 11.1. The van der Waals surface area contributed by atoms with Crippen LogP contribution in [0.25, 0.3) is 0 Å². The zero-order valence-corrected chi connectivity index (χ0v) is 11.1. The molecule has 3 nitrogen and oxygen atoms in total. The van der Waals surface area contributed by atoms with E-state index in [1.807, 2.05) is 0 Å². The minimum Gasteiger partial charge on any atom is -0.481 e. The van der Waals surface area contributed by atoms with E-state index < -0.39 is 5.97 Å². The van der Waals surface area contributed by atoms with Crippen LogP contribution >= 0.6 is 0 Å². The van der Waals surface area contributed by atoms with Crippen molar-refractivity contribution in [3.63, 3.8) is 0 Å². The lowest BCUT2D eigenvalue weighted by molar-refractivity contribution is -0.137. The summed E-state index contributed by atoms with van der Waals surface area (Å²) in [6.07, 6.45) is 2.21. The van der Waals surface area contributed by atoms with Gasteiger partial charge >= 0.3 is 5.97 Å². The molecule has 0 amide bonds. The molecule has 1 heterocycles. The number of benzene rings is 1. The van der Waals surface area contributed by atoms with Gasteiger partial charge in [-0.2, -0.15) is 0 Å². The fourth-order valence-corrected chi connectivity index (χ4v) is 2.90. The first-order valence-corrected chi connectivity index (χ1v) is 6.61. The van der Waals surface area contributed by atoms with Crippen LogP contribution in [-0.2, 0) is 4.79 Å². The highest BCUT2D eigenvalue weighted by Crippen LogP contribution is 2.31. The summed E-state index contributed by atoms with van der Waals surface area (Å²) in [5, 5.41) is 8.73. The molecule has 0 spiro atoms. The molecule has 0 saturated carbocycles. The molecule has 1 aromatic rings. The Labute approximate surface area is 108 Å². The van der Waals surface area contributed by atoms with Crippen molar-refractivity contribution in [2.75, 3.05) is 18.0 Å². The van der Waals surface area contributed by atoms with E-state index in [1.54, 1.807) is 0 Å². The Morgan fingerprint density at radius 3 is 2.67 bits per heavy atom. The number of hydrogen-bond acceptors (Lipinski definition) is 2. The molecular weight excluding hydrogens is 226 g/mol. The number of anilines is 1. The molecule has 1 aliphatic heterocycles. The highest BCUT2D eigenvalue weighted by atomic mass is 16.4. The Balaban J connectivity index is 2.02. The van der Waals surface area contributed by atoms with E-state index in [4.69, 9.17) is 5.11 Å². The fraction of sp³-hybridized carbons (Fsp3) is 0.533. The molecule has 0 radical (unpaired) electrons. The molecule has 3 heteroatoms. The lowest BCUT2D eigenvalue weighted by Gasteiger charge is -2.23. The smallest absolute Gasteiger partial charge is 0.303 e. The fourth-order valence-electron chi connectivity index (χ4n) is 2.90. The second kappa shape index (κ2) is 5.42. The Morgan fingerprint density at radius 2 is 2.06 bits per heavy atom. The molecule has 1 N–H and O–H groups in total. The second-order valence-electron chi connectivity index (χ2n) is 5.27. The first kappa shape index (κ1) is 12.9. The second-order valence-corrected chi connectivity index (χ2v) is 5.27. The van der Waals surface area contributed by atoms with E-state index in [0.717, 1.165) is 25.9 Å². The van der Waals surface area contributed by atoms with E-state index in [0.29, 0.717) is 12.3 Å². The summed E-state index contributed by atoms with van der Waals surface area (Å²) >= 11 is 0. The molecule has 0 bridgehead atoms. The number of carbonyl (C=O) groups is 1.